The highest BCUT2D eigenvalue weighted by atomic mass is 32.2. The van der Waals surface area contributed by atoms with E-state index in [4.69, 9.17) is 4.52 Å². The zero-order chi connectivity index (χ0) is 24.4. The van der Waals surface area contributed by atoms with E-state index in [1.54, 1.807) is 6.07 Å². The van der Waals surface area contributed by atoms with Crippen LogP contribution >= 0.6 is 0 Å². The summed E-state index contributed by atoms with van der Waals surface area (Å²) in [5.41, 5.74) is 0.432. The van der Waals surface area contributed by atoms with Crippen molar-refractivity contribution in [1.82, 2.24) is 19.1 Å². The van der Waals surface area contributed by atoms with Crippen molar-refractivity contribution in [3.8, 4) is 0 Å². The molecule has 0 unspecified atom stereocenters. The van der Waals surface area contributed by atoms with Crippen molar-refractivity contribution in [1.29, 1.82) is 0 Å². The molecule has 33 heavy (non-hydrogen) atoms. The summed E-state index contributed by atoms with van der Waals surface area (Å²) < 4.78 is 59.9. The number of benzene rings is 1. The van der Waals surface area contributed by atoms with E-state index < -0.39 is 32.0 Å². The third kappa shape index (κ3) is 5.61. The maximum atomic E-state index is 13.0. The van der Waals surface area contributed by atoms with Gasteiger partial charge >= 0.3 is 0 Å². The quantitative estimate of drug-likeness (QED) is 0.546. The molecule has 182 valence electrons. The van der Waals surface area contributed by atoms with Crippen molar-refractivity contribution >= 4 is 31.6 Å². The van der Waals surface area contributed by atoms with E-state index in [9.17, 15) is 21.6 Å². The molecule has 2 heterocycles. The van der Waals surface area contributed by atoms with Crippen molar-refractivity contribution in [3.05, 3.63) is 35.7 Å². The number of aromatic nitrogens is 1. The van der Waals surface area contributed by atoms with Crippen LogP contribution in [0.3, 0.4) is 0 Å². The standard InChI is InChI=1S/C20H29N5O6S2/c1-5-24-9-11-25(12-10-24)33(29,30)18-8-6-7-17(13-18)21-20(26)15(3)23-32(27,28)19-14(2)22-31-16(19)4/h6-8,13,15,23H,5,9-12H2,1-4H3,(H,21,26)/t15-/m0/s1. The monoisotopic (exact) mass is 499 g/mol. The number of sulfonamides is 2. The molecule has 0 radical (unpaired) electrons. The average Bonchev–Trinajstić information content (AvgIpc) is 3.12. The van der Waals surface area contributed by atoms with Crippen LogP contribution in [0.4, 0.5) is 5.69 Å². The van der Waals surface area contributed by atoms with Crippen LogP contribution in [-0.2, 0) is 24.8 Å². The van der Waals surface area contributed by atoms with Crippen LogP contribution in [0.2, 0.25) is 0 Å². The lowest BCUT2D eigenvalue weighted by molar-refractivity contribution is -0.117. The SMILES string of the molecule is CCN1CCN(S(=O)(=O)c2cccc(NC(=O)[C@H](C)NS(=O)(=O)c3c(C)noc3C)c2)CC1. The van der Waals surface area contributed by atoms with Gasteiger partial charge in [-0.1, -0.05) is 18.1 Å². The summed E-state index contributed by atoms with van der Waals surface area (Å²) in [6.07, 6.45) is 0. The summed E-state index contributed by atoms with van der Waals surface area (Å²) in [5, 5.41) is 6.20. The first-order valence-electron chi connectivity index (χ1n) is 10.5. The predicted molar refractivity (Wildman–Crippen MR) is 122 cm³/mol. The third-order valence-electron chi connectivity index (χ3n) is 5.48. The normalized spacial score (nSPS) is 17.1. The van der Waals surface area contributed by atoms with Gasteiger partial charge in [0.1, 0.15) is 10.6 Å². The molecule has 1 aliphatic heterocycles. The number of amides is 1. The highest BCUT2D eigenvalue weighted by Gasteiger charge is 2.30. The second-order valence-electron chi connectivity index (χ2n) is 7.85. The molecule has 3 rings (SSSR count). The van der Waals surface area contributed by atoms with Crippen molar-refractivity contribution in [3.63, 3.8) is 0 Å². The minimum Gasteiger partial charge on any atom is -0.360 e. The highest BCUT2D eigenvalue weighted by Crippen LogP contribution is 2.22. The number of hydrogen-bond donors (Lipinski definition) is 2. The Labute approximate surface area is 194 Å². The van der Waals surface area contributed by atoms with Crippen molar-refractivity contribution in [2.24, 2.45) is 0 Å². The number of piperazine rings is 1. The number of carbonyl (C=O) groups excluding carboxylic acids is 1. The van der Waals surface area contributed by atoms with E-state index in [1.165, 1.54) is 43.3 Å². The molecular formula is C20H29N5O6S2. The molecule has 1 atom stereocenters. The number of aryl methyl sites for hydroxylation is 2. The molecule has 11 nitrogen and oxygen atoms in total. The van der Waals surface area contributed by atoms with Gasteiger partial charge in [0.25, 0.3) is 0 Å². The van der Waals surface area contributed by atoms with E-state index in [0.29, 0.717) is 26.2 Å². The van der Waals surface area contributed by atoms with E-state index in [2.05, 4.69) is 20.1 Å². The van der Waals surface area contributed by atoms with Gasteiger partial charge in [0.15, 0.2) is 5.76 Å². The minimum atomic E-state index is -4.04. The summed E-state index contributed by atoms with van der Waals surface area (Å²) in [6.45, 7) is 9.36. The van der Waals surface area contributed by atoms with E-state index in [1.807, 2.05) is 6.92 Å². The molecular weight excluding hydrogens is 470 g/mol. The second kappa shape index (κ2) is 9.89. The Morgan fingerprint density at radius 3 is 2.39 bits per heavy atom. The fourth-order valence-electron chi connectivity index (χ4n) is 3.62. The van der Waals surface area contributed by atoms with Gasteiger partial charge in [-0.2, -0.15) is 9.03 Å². The van der Waals surface area contributed by atoms with Crippen molar-refractivity contribution in [2.75, 3.05) is 38.0 Å². The number of carbonyl (C=O) groups is 1. The molecule has 0 bridgehead atoms. The summed E-state index contributed by atoms with van der Waals surface area (Å²) in [6, 6.07) is 4.78. The van der Waals surface area contributed by atoms with Crippen LogP contribution in [0.25, 0.3) is 0 Å². The summed E-state index contributed by atoms with van der Waals surface area (Å²) in [5.74, 6) is -0.526. The first kappa shape index (κ1) is 25.3. The first-order valence-corrected chi connectivity index (χ1v) is 13.5. The smallest absolute Gasteiger partial charge is 0.246 e. The Morgan fingerprint density at radius 2 is 1.82 bits per heavy atom. The molecule has 1 fully saturated rings. The molecule has 0 spiro atoms. The second-order valence-corrected chi connectivity index (χ2v) is 11.4. The number of rotatable bonds is 8. The topological polar surface area (TPSA) is 142 Å². The Hall–Kier alpha value is -2.32. The summed E-state index contributed by atoms with van der Waals surface area (Å²) >= 11 is 0. The van der Waals surface area contributed by atoms with Gasteiger partial charge in [0.05, 0.1) is 10.9 Å². The molecule has 0 saturated carbocycles. The van der Waals surface area contributed by atoms with Crippen molar-refractivity contribution in [2.45, 2.75) is 43.5 Å². The fourth-order valence-corrected chi connectivity index (χ4v) is 6.62. The van der Waals surface area contributed by atoms with E-state index in [0.717, 1.165) is 6.54 Å². The Kier molecular flexibility index (Phi) is 7.59. The van der Waals surface area contributed by atoms with Gasteiger partial charge in [-0.25, -0.2) is 16.8 Å². The largest absolute Gasteiger partial charge is 0.360 e. The molecule has 1 aliphatic rings. The molecule has 2 aromatic rings. The molecule has 1 aromatic carbocycles. The van der Waals surface area contributed by atoms with E-state index in [-0.39, 0.29) is 26.9 Å². The van der Waals surface area contributed by atoms with Gasteiger partial charge in [0.2, 0.25) is 26.0 Å². The average molecular weight is 500 g/mol. The maximum Gasteiger partial charge on any atom is 0.246 e. The summed E-state index contributed by atoms with van der Waals surface area (Å²) in [7, 11) is -7.75. The van der Waals surface area contributed by atoms with Gasteiger partial charge < -0.3 is 14.7 Å². The maximum absolute atomic E-state index is 13.0. The van der Waals surface area contributed by atoms with Crippen molar-refractivity contribution < 1.29 is 26.2 Å². The van der Waals surface area contributed by atoms with Crippen LogP contribution in [0.5, 0.6) is 0 Å². The first-order chi connectivity index (χ1) is 15.5. The van der Waals surface area contributed by atoms with Gasteiger partial charge in [-0.15, -0.1) is 0 Å². The van der Waals surface area contributed by atoms with Crippen LogP contribution in [0.1, 0.15) is 25.3 Å². The minimum absolute atomic E-state index is 0.0641. The van der Waals surface area contributed by atoms with Gasteiger partial charge in [0, 0.05) is 31.9 Å². The Morgan fingerprint density at radius 1 is 1.15 bits per heavy atom. The highest BCUT2D eigenvalue weighted by molar-refractivity contribution is 7.89. The van der Waals surface area contributed by atoms with Gasteiger partial charge in [-0.05, 0) is 45.5 Å². The number of likely N-dealkylation sites (N-methyl/N-ethyl adjacent to an activating group) is 1. The number of hydrogen-bond acceptors (Lipinski definition) is 8. The fraction of sp³-hybridized carbons (Fsp3) is 0.500. The number of nitrogens with one attached hydrogen (secondary N) is 2. The Balaban J connectivity index is 1.70. The van der Waals surface area contributed by atoms with E-state index >= 15 is 0 Å². The lowest BCUT2D eigenvalue weighted by Gasteiger charge is -2.33. The molecule has 2 N–H and O–H groups in total. The molecule has 1 saturated heterocycles. The third-order valence-corrected chi connectivity index (χ3v) is 9.16. The molecule has 0 aliphatic carbocycles. The number of anilines is 1. The van der Waals surface area contributed by atoms with Gasteiger partial charge in [-0.3, -0.25) is 4.79 Å². The molecule has 1 amide bonds. The van der Waals surface area contributed by atoms with Crippen LogP contribution < -0.4 is 10.0 Å². The lowest BCUT2D eigenvalue weighted by atomic mass is 10.3. The molecule has 13 heteroatoms. The zero-order valence-corrected chi connectivity index (χ0v) is 20.7. The lowest BCUT2D eigenvalue weighted by Crippen LogP contribution is -2.48. The van der Waals surface area contributed by atoms with Crippen LogP contribution in [0, 0.1) is 13.8 Å². The number of nitrogens with zero attached hydrogens (tertiary/aromatic N) is 3. The molecule has 1 aromatic heterocycles. The van der Waals surface area contributed by atoms with Crippen LogP contribution in [-0.4, -0.2) is 75.9 Å². The summed E-state index contributed by atoms with van der Waals surface area (Å²) in [4.78, 5) is 14.7. The predicted octanol–water partition coefficient (Wildman–Crippen LogP) is 0.923. The Bertz CT molecular complexity index is 1200. The van der Waals surface area contributed by atoms with Crippen LogP contribution in [0.15, 0.2) is 38.6 Å². The zero-order valence-electron chi connectivity index (χ0n) is 19.0.